The molecule has 0 unspecified atom stereocenters. The van der Waals surface area contributed by atoms with E-state index in [1.165, 1.54) is 16.7 Å². The van der Waals surface area contributed by atoms with Crippen LogP contribution in [-0.4, -0.2) is 68.8 Å². The van der Waals surface area contributed by atoms with Gasteiger partial charge in [-0.3, -0.25) is 14.5 Å². The molecule has 2 amide bonds. The number of thiazole rings is 1. The molecule has 1 saturated heterocycles. The molecule has 0 spiro atoms. The molecule has 2 aliphatic rings. The first-order valence-corrected chi connectivity index (χ1v) is 13.0. The van der Waals surface area contributed by atoms with Crippen molar-refractivity contribution in [1.29, 1.82) is 0 Å². The van der Waals surface area contributed by atoms with E-state index in [9.17, 15) is 19.5 Å². The average Bonchev–Trinajstić information content (AvgIpc) is 3.19. The van der Waals surface area contributed by atoms with Crippen molar-refractivity contribution in [2.24, 2.45) is 10.9 Å². The Labute approximate surface area is 218 Å². The maximum absolute atomic E-state index is 13.1. The zero-order valence-corrected chi connectivity index (χ0v) is 21.2. The van der Waals surface area contributed by atoms with Crippen LogP contribution in [0.4, 0.5) is 5.13 Å². The highest BCUT2D eigenvalue weighted by Gasteiger charge is 2.54. The third kappa shape index (κ3) is 5.31. The molecule has 2 aromatic rings. The summed E-state index contributed by atoms with van der Waals surface area (Å²) in [6, 6.07) is 4.56. The number of anilines is 1. The Bertz CT molecular complexity index is 1240. The highest BCUT2D eigenvalue weighted by molar-refractivity contribution is 8.00. The maximum Gasteiger partial charge on any atom is 0.352 e. The summed E-state index contributed by atoms with van der Waals surface area (Å²) in [5.41, 5.74) is 11.5. The number of β-lactam (4-membered cyclic amide) rings is 1. The van der Waals surface area contributed by atoms with E-state index in [2.05, 4.69) is 15.5 Å². The molecule has 4 heterocycles. The van der Waals surface area contributed by atoms with Crippen LogP contribution in [0, 0.1) is 0 Å². The SMILES string of the molecule is NCCCON=C(C(=O)N[C@@H]1C(=O)N2C(C(=O)O)=C(C[n+]3ccccc3)CS[C@@H]12)c1nc(N)sc1Cl. The lowest BCUT2D eigenvalue weighted by Gasteiger charge is -2.49. The van der Waals surface area contributed by atoms with Gasteiger partial charge in [0.1, 0.15) is 33.7 Å². The lowest BCUT2D eigenvalue weighted by molar-refractivity contribution is -0.689. The second-order valence-electron chi connectivity index (χ2n) is 7.76. The Morgan fingerprint density at radius 3 is 2.75 bits per heavy atom. The molecule has 0 bridgehead atoms. The van der Waals surface area contributed by atoms with Gasteiger partial charge in [-0.2, -0.15) is 0 Å². The fraction of sp³-hybridized carbons (Fsp3) is 0.333. The molecule has 4 rings (SSSR count). The largest absolute Gasteiger partial charge is 0.477 e. The summed E-state index contributed by atoms with van der Waals surface area (Å²) in [7, 11) is 0. The lowest BCUT2D eigenvalue weighted by Crippen LogP contribution is -2.71. The van der Waals surface area contributed by atoms with Gasteiger partial charge in [0.15, 0.2) is 29.8 Å². The van der Waals surface area contributed by atoms with Crippen molar-refractivity contribution in [2.45, 2.75) is 24.4 Å². The van der Waals surface area contributed by atoms with Crippen molar-refractivity contribution in [1.82, 2.24) is 15.2 Å². The number of carboxylic acid groups (broad SMARTS) is 1. The van der Waals surface area contributed by atoms with Crippen molar-refractivity contribution < 1.29 is 28.9 Å². The van der Waals surface area contributed by atoms with E-state index in [0.29, 0.717) is 30.8 Å². The number of nitrogens with zero attached hydrogens (tertiary/aromatic N) is 4. The average molecular weight is 553 g/mol. The van der Waals surface area contributed by atoms with Crippen molar-refractivity contribution in [2.75, 3.05) is 24.6 Å². The third-order valence-corrected chi connectivity index (χ3v) is 7.75. The second-order valence-corrected chi connectivity index (χ2v) is 10.5. The second kappa shape index (κ2) is 11.2. The Morgan fingerprint density at radius 1 is 1.36 bits per heavy atom. The van der Waals surface area contributed by atoms with Crippen LogP contribution in [0.3, 0.4) is 0 Å². The monoisotopic (exact) mass is 552 g/mol. The number of carbonyl (C=O) groups is 3. The number of nitrogen functional groups attached to an aromatic ring is 1. The molecule has 15 heteroatoms. The van der Waals surface area contributed by atoms with E-state index in [0.717, 1.165) is 11.3 Å². The number of nitrogens with two attached hydrogens (primary N) is 2. The third-order valence-electron chi connectivity index (χ3n) is 5.32. The number of aromatic nitrogens is 2. The first-order valence-electron chi connectivity index (χ1n) is 10.8. The van der Waals surface area contributed by atoms with Crippen LogP contribution in [-0.2, 0) is 25.8 Å². The Hall–Kier alpha value is -3.20. The minimum Gasteiger partial charge on any atom is -0.477 e. The van der Waals surface area contributed by atoms with Crippen LogP contribution in [0.1, 0.15) is 12.1 Å². The number of hydrogen-bond acceptors (Lipinski definition) is 10. The number of rotatable bonds is 10. The van der Waals surface area contributed by atoms with Gasteiger partial charge in [0.25, 0.3) is 11.8 Å². The van der Waals surface area contributed by atoms with Crippen LogP contribution in [0.2, 0.25) is 4.34 Å². The maximum atomic E-state index is 13.1. The minimum atomic E-state index is -1.20. The number of hydrogen-bond donors (Lipinski definition) is 4. The number of halogens is 1. The fourth-order valence-corrected chi connectivity index (χ4v) is 5.95. The topological polar surface area (TPSA) is 177 Å². The number of carboxylic acids is 1. The standard InChI is InChI=1S/C21H22ClN7O5S2/c22-16-12(26-21(24)36-16)13(27-34-8-4-5-23)17(30)25-14-18(31)29-15(20(32)33)11(10-35-19(14)29)9-28-6-2-1-3-7-28/h1-3,6-7,14,19H,4-5,8-10,23H2,(H3-,24,25,26,30,32,33)/p+1/t14-,19+/m1/s1. The zero-order valence-electron chi connectivity index (χ0n) is 18.8. The van der Waals surface area contributed by atoms with Gasteiger partial charge in [-0.05, 0) is 13.0 Å². The number of nitrogens with one attached hydrogen (secondary N) is 1. The summed E-state index contributed by atoms with van der Waals surface area (Å²) in [5.74, 6) is -2.12. The number of oxime groups is 1. The predicted molar refractivity (Wildman–Crippen MR) is 134 cm³/mol. The quantitative estimate of drug-likeness (QED) is 0.105. The molecule has 12 nitrogen and oxygen atoms in total. The normalized spacial score (nSPS) is 19.6. The van der Waals surface area contributed by atoms with E-state index in [4.69, 9.17) is 27.9 Å². The Balaban J connectivity index is 1.53. The van der Waals surface area contributed by atoms with Gasteiger partial charge in [-0.1, -0.05) is 34.2 Å². The zero-order chi connectivity index (χ0) is 25.8. The molecule has 1 fully saturated rings. The van der Waals surface area contributed by atoms with Gasteiger partial charge < -0.3 is 26.7 Å². The Morgan fingerprint density at radius 2 is 2.11 bits per heavy atom. The van der Waals surface area contributed by atoms with E-state index in [1.54, 1.807) is 0 Å². The number of amides is 2. The fourth-order valence-electron chi connectivity index (χ4n) is 3.69. The summed E-state index contributed by atoms with van der Waals surface area (Å²) in [4.78, 5) is 48.7. The van der Waals surface area contributed by atoms with Crippen molar-refractivity contribution in [3.05, 3.63) is 51.9 Å². The molecule has 190 valence electrons. The first-order chi connectivity index (χ1) is 17.3. The molecule has 6 N–H and O–H groups in total. The molecular formula is C21H23ClN7O5S2+. The van der Waals surface area contributed by atoms with E-state index in [1.807, 2.05) is 35.2 Å². The molecule has 0 saturated carbocycles. The van der Waals surface area contributed by atoms with Crippen molar-refractivity contribution in [3.8, 4) is 0 Å². The lowest BCUT2D eigenvalue weighted by atomic mass is 10.0. The summed E-state index contributed by atoms with van der Waals surface area (Å²) >= 11 is 8.50. The van der Waals surface area contributed by atoms with E-state index >= 15 is 0 Å². The number of aliphatic carboxylic acids is 1. The van der Waals surface area contributed by atoms with Gasteiger partial charge in [-0.15, -0.1) is 11.8 Å². The van der Waals surface area contributed by atoms with Gasteiger partial charge in [0, 0.05) is 23.5 Å². The molecule has 2 aromatic heterocycles. The van der Waals surface area contributed by atoms with Crippen LogP contribution in [0.25, 0.3) is 0 Å². The number of thioether (sulfide) groups is 1. The molecule has 0 aromatic carbocycles. The Kier molecular flexibility index (Phi) is 8.08. The summed E-state index contributed by atoms with van der Waals surface area (Å²) < 4.78 is 1.97. The van der Waals surface area contributed by atoms with Gasteiger partial charge >= 0.3 is 5.97 Å². The van der Waals surface area contributed by atoms with Gasteiger partial charge in [0.2, 0.25) is 0 Å². The minimum absolute atomic E-state index is 0.0256. The number of carbonyl (C=O) groups excluding carboxylic acids is 2. The molecule has 0 aliphatic carbocycles. The highest BCUT2D eigenvalue weighted by atomic mass is 35.5. The van der Waals surface area contributed by atoms with Crippen molar-refractivity contribution >= 4 is 63.3 Å². The van der Waals surface area contributed by atoms with Crippen LogP contribution < -0.4 is 21.4 Å². The summed E-state index contributed by atoms with van der Waals surface area (Å²) in [6.07, 6.45) is 4.14. The van der Waals surface area contributed by atoms with Crippen LogP contribution >= 0.6 is 34.7 Å². The highest BCUT2D eigenvalue weighted by Crippen LogP contribution is 2.40. The van der Waals surface area contributed by atoms with Crippen molar-refractivity contribution in [3.63, 3.8) is 0 Å². The van der Waals surface area contributed by atoms with E-state index < -0.39 is 29.2 Å². The van der Waals surface area contributed by atoms with Gasteiger partial charge in [-0.25, -0.2) is 14.3 Å². The van der Waals surface area contributed by atoms with Crippen LogP contribution in [0.5, 0.6) is 0 Å². The predicted octanol–water partition coefficient (Wildman–Crippen LogP) is 0.175. The van der Waals surface area contributed by atoms with Crippen LogP contribution in [0.15, 0.2) is 47.0 Å². The smallest absolute Gasteiger partial charge is 0.352 e. The number of pyridine rings is 1. The number of fused-ring (bicyclic) bond motifs is 1. The molecule has 0 radical (unpaired) electrons. The van der Waals surface area contributed by atoms with E-state index in [-0.39, 0.29) is 33.2 Å². The van der Waals surface area contributed by atoms with Gasteiger partial charge in [0.05, 0.1) is 0 Å². The molecular weight excluding hydrogens is 530 g/mol. The first kappa shape index (κ1) is 25.9. The summed E-state index contributed by atoms with van der Waals surface area (Å²) in [6.45, 7) is 0.856. The molecule has 36 heavy (non-hydrogen) atoms. The molecule has 2 aliphatic heterocycles. The molecule has 2 atom stereocenters. The summed E-state index contributed by atoms with van der Waals surface area (Å²) in [5, 5.41) is 15.9.